The van der Waals surface area contributed by atoms with Crippen molar-refractivity contribution >= 4 is 45.9 Å². The fourth-order valence-corrected chi connectivity index (χ4v) is 3.96. The molecule has 2 N–H and O–H groups in total. The van der Waals surface area contributed by atoms with E-state index in [4.69, 9.17) is 0 Å². The van der Waals surface area contributed by atoms with Crippen molar-refractivity contribution in [1.29, 1.82) is 0 Å². The molecule has 5 heterocycles. The van der Waals surface area contributed by atoms with Crippen LogP contribution in [0.3, 0.4) is 0 Å². The number of hydrogen-bond acceptors (Lipinski definition) is 2. The second-order valence-electron chi connectivity index (χ2n) is 7.84. The molecule has 1 aromatic carbocycles. The molecule has 2 aliphatic rings. The Balaban J connectivity index is 0.00000120. The van der Waals surface area contributed by atoms with Crippen LogP contribution in [0, 0.1) is 17.5 Å². The number of benzene rings is 1. The van der Waals surface area contributed by atoms with Crippen LogP contribution in [0.2, 0.25) is 0 Å². The van der Waals surface area contributed by atoms with Crippen molar-refractivity contribution in [1.82, 2.24) is 19.9 Å². The third-order valence-corrected chi connectivity index (χ3v) is 5.46. The molecule has 4 aromatic rings. The Morgan fingerprint density at radius 1 is 0.583 bits per heavy atom. The third-order valence-electron chi connectivity index (χ3n) is 5.46. The monoisotopic (exact) mass is 566 g/mol. The fourth-order valence-electron chi connectivity index (χ4n) is 3.96. The van der Waals surface area contributed by atoms with E-state index in [1.54, 1.807) is 12.1 Å². The van der Waals surface area contributed by atoms with Crippen molar-refractivity contribution in [3.63, 3.8) is 0 Å². The molecule has 36 heavy (non-hydrogen) atoms. The molecule has 8 bridgehead atoms. The minimum atomic E-state index is -1.50. The van der Waals surface area contributed by atoms with Crippen LogP contribution in [0.15, 0.2) is 60.7 Å². The van der Waals surface area contributed by atoms with Gasteiger partial charge in [-0.25, -0.2) is 23.1 Å². The van der Waals surface area contributed by atoms with Crippen molar-refractivity contribution < 1.29 is 55.1 Å². The van der Waals surface area contributed by atoms with Crippen molar-refractivity contribution in [3.8, 4) is 0 Å². The van der Waals surface area contributed by atoms with E-state index in [1.807, 2.05) is 54.6 Å². The number of hydrogen-bond donors (Lipinski definition) is 2. The molecule has 3 aromatic heterocycles. The summed E-state index contributed by atoms with van der Waals surface area (Å²) in [7, 11) is 0. The van der Waals surface area contributed by atoms with Gasteiger partial charge in [0.15, 0.2) is 17.5 Å². The largest absolute Gasteiger partial charge is 2.00 e. The topological polar surface area (TPSA) is 57.4 Å². The summed E-state index contributed by atoms with van der Waals surface area (Å²) in [5.74, 6) is -3.99. The van der Waals surface area contributed by atoms with Crippen LogP contribution in [0.1, 0.15) is 28.3 Å². The van der Waals surface area contributed by atoms with E-state index in [1.165, 1.54) is 0 Å². The average Bonchev–Trinajstić information content (AvgIpc) is 3.56. The van der Waals surface area contributed by atoms with Crippen LogP contribution < -0.4 is 24.8 Å². The van der Waals surface area contributed by atoms with Gasteiger partial charge in [0.1, 0.15) is 0 Å². The number of H-pyrrole nitrogens is 2. The van der Waals surface area contributed by atoms with E-state index >= 15 is 0 Å². The van der Waals surface area contributed by atoms with Gasteiger partial charge in [-0.2, -0.15) is 0 Å². The Bertz CT molecular complexity index is 1650. The molecular weight excluding hydrogens is 552 g/mol. The van der Waals surface area contributed by atoms with Crippen molar-refractivity contribution in [2.45, 2.75) is 0 Å². The standard InChI is InChI=1S/C26H15F3N4.2ClH.Fe/c27-23-7-14(8-24(28)26(23)29)22-12-21-11-19-4-3-17(31-19)9-15-1-2-16(30-15)10-18-5-6-20(32-18)13-25(22)33-21;;;/h1-13,31-32H;2*1H;/q;;;+2/p-2. The first-order valence-electron chi connectivity index (χ1n) is 10.2. The molecule has 0 saturated carbocycles. The Labute approximate surface area is 226 Å². The minimum Gasteiger partial charge on any atom is -1.00 e. The first-order valence-corrected chi connectivity index (χ1v) is 10.2. The number of aromatic nitrogens is 4. The molecule has 2 aliphatic heterocycles. The molecule has 0 amide bonds. The van der Waals surface area contributed by atoms with Crippen molar-refractivity contribution in [2.24, 2.45) is 0 Å². The van der Waals surface area contributed by atoms with E-state index in [0.29, 0.717) is 17.0 Å². The van der Waals surface area contributed by atoms with Gasteiger partial charge in [0.2, 0.25) is 0 Å². The van der Waals surface area contributed by atoms with Crippen LogP contribution in [0.5, 0.6) is 0 Å². The molecule has 0 aliphatic carbocycles. The van der Waals surface area contributed by atoms with E-state index in [0.717, 1.165) is 45.6 Å². The summed E-state index contributed by atoms with van der Waals surface area (Å²) in [5.41, 5.74) is 6.71. The SMILES string of the molecule is Fc1cc(C2=Cc3cc4ccc(cc5nc(cc6ccc(cc2n3)[nH]6)C=C5)[nH]4)cc(F)c1F.[Cl-].[Cl-].[Fe+2]. The van der Waals surface area contributed by atoms with Crippen LogP contribution in [-0.4, -0.2) is 19.9 Å². The molecule has 0 spiro atoms. The molecule has 4 nitrogen and oxygen atoms in total. The van der Waals surface area contributed by atoms with Crippen molar-refractivity contribution in [2.75, 3.05) is 0 Å². The number of nitrogens with one attached hydrogen (secondary N) is 2. The first-order chi connectivity index (χ1) is 16.0. The van der Waals surface area contributed by atoms with Gasteiger partial charge in [0, 0.05) is 27.6 Å². The van der Waals surface area contributed by atoms with Gasteiger partial charge in [0.05, 0.1) is 22.8 Å². The summed E-state index contributed by atoms with van der Waals surface area (Å²) in [4.78, 5) is 15.8. The number of aromatic amines is 2. The molecule has 0 radical (unpaired) electrons. The van der Waals surface area contributed by atoms with Gasteiger partial charge in [-0.1, -0.05) is 0 Å². The number of fused-ring (bicyclic) bond motifs is 8. The Morgan fingerprint density at radius 2 is 1.06 bits per heavy atom. The zero-order valence-corrected chi connectivity index (χ0v) is 20.8. The maximum absolute atomic E-state index is 14.0. The zero-order chi connectivity index (χ0) is 22.5. The molecule has 10 heteroatoms. The van der Waals surface area contributed by atoms with Crippen LogP contribution >= 0.6 is 0 Å². The molecule has 0 unspecified atom stereocenters. The van der Waals surface area contributed by atoms with Crippen LogP contribution in [-0.2, 0) is 17.1 Å². The predicted octanol–water partition coefficient (Wildman–Crippen LogP) is 0.497. The van der Waals surface area contributed by atoms with Gasteiger partial charge < -0.3 is 34.8 Å². The quantitative estimate of drug-likeness (QED) is 0.225. The van der Waals surface area contributed by atoms with Gasteiger partial charge in [-0.3, -0.25) is 0 Å². The molecule has 6 rings (SSSR count). The maximum Gasteiger partial charge on any atom is 2.00 e. The second-order valence-corrected chi connectivity index (χ2v) is 7.84. The molecule has 182 valence electrons. The summed E-state index contributed by atoms with van der Waals surface area (Å²) < 4.78 is 41.4. The number of rotatable bonds is 1. The summed E-state index contributed by atoms with van der Waals surface area (Å²) in [6.07, 6.45) is 5.60. The van der Waals surface area contributed by atoms with Gasteiger partial charge in [-0.15, -0.1) is 0 Å². The molecule has 0 atom stereocenters. The van der Waals surface area contributed by atoms with E-state index in [9.17, 15) is 13.2 Å². The summed E-state index contributed by atoms with van der Waals surface area (Å²) in [6.45, 7) is 0. The molecule has 0 fully saturated rings. The normalized spacial score (nSPS) is 11.7. The third kappa shape index (κ3) is 5.27. The van der Waals surface area contributed by atoms with Gasteiger partial charge >= 0.3 is 17.1 Å². The molecular formula is C26H15Cl2F3FeN4. The van der Waals surface area contributed by atoms with Gasteiger partial charge in [0.25, 0.3) is 0 Å². The Hall–Kier alpha value is -3.29. The van der Waals surface area contributed by atoms with Crippen LogP contribution in [0.25, 0.3) is 45.9 Å². The van der Waals surface area contributed by atoms with E-state index < -0.39 is 17.5 Å². The minimum absolute atomic E-state index is 0. The summed E-state index contributed by atoms with van der Waals surface area (Å²) in [6, 6.07) is 17.1. The predicted molar refractivity (Wildman–Crippen MR) is 123 cm³/mol. The zero-order valence-electron chi connectivity index (χ0n) is 18.1. The Morgan fingerprint density at radius 3 is 1.58 bits per heavy atom. The summed E-state index contributed by atoms with van der Waals surface area (Å²) in [5, 5.41) is 0. The maximum atomic E-state index is 14.0. The molecule has 0 saturated heterocycles. The second kappa shape index (κ2) is 10.8. The van der Waals surface area contributed by atoms with Gasteiger partial charge in [-0.05, 0) is 84.5 Å². The number of halogens is 5. The van der Waals surface area contributed by atoms with E-state index in [-0.39, 0.29) is 47.4 Å². The van der Waals surface area contributed by atoms with E-state index in [2.05, 4.69) is 19.9 Å². The smallest absolute Gasteiger partial charge is 1.00 e. The Kier molecular flexibility index (Phi) is 8.16. The fraction of sp³-hybridized carbons (Fsp3) is 0. The van der Waals surface area contributed by atoms with Crippen LogP contribution in [0.4, 0.5) is 13.2 Å². The first kappa shape index (κ1) is 27.3. The number of nitrogens with zero attached hydrogens (tertiary/aromatic N) is 2. The summed E-state index contributed by atoms with van der Waals surface area (Å²) >= 11 is 0. The van der Waals surface area contributed by atoms with Crippen molar-refractivity contribution in [3.05, 3.63) is 106 Å². The average molecular weight is 567 g/mol.